The lowest BCUT2D eigenvalue weighted by atomic mass is 10.0. The number of hydrogen-bond donors (Lipinski definition) is 2. The molecule has 168 valence electrons. The number of halogens is 1. The first-order valence-corrected chi connectivity index (χ1v) is 10.6. The Bertz CT molecular complexity index is 1150. The Morgan fingerprint density at radius 3 is 2.66 bits per heavy atom. The number of carbonyl (C=O) groups is 2. The summed E-state index contributed by atoms with van der Waals surface area (Å²) in [7, 11) is 0. The molecule has 2 aromatic heterocycles. The van der Waals surface area contributed by atoms with Gasteiger partial charge >= 0.3 is 6.09 Å². The fourth-order valence-corrected chi connectivity index (χ4v) is 3.74. The van der Waals surface area contributed by atoms with Crippen LogP contribution in [0.25, 0.3) is 22.0 Å². The van der Waals surface area contributed by atoms with Crippen LogP contribution in [0, 0.1) is 5.95 Å². The first-order valence-electron chi connectivity index (χ1n) is 10.6. The zero-order valence-corrected chi connectivity index (χ0v) is 18.3. The van der Waals surface area contributed by atoms with E-state index in [1.807, 2.05) is 20.8 Å². The van der Waals surface area contributed by atoms with Crippen molar-refractivity contribution >= 4 is 22.9 Å². The summed E-state index contributed by atoms with van der Waals surface area (Å²) in [4.78, 5) is 30.5. The topological polar surface area (TPSA) is 100 Å². The average molecular weight is 439 g/mol. The minimum absolute atomic E-state index is 0.0770. The molecule has 9 heteroatoms. The van der Waals surface area contributed by atoms with Crippen molar-refractivity contribution in [3.8, 4) is 11.1 Å². The van der Waals surface area contributed by atoms with Gasteiger partial charge in [-0.1, -0.05) is 6.07 Å². The van der Waals surface area contributed by atoms with Crippen molar-refractivity contribution in [2.75, 3.05) is 13.1 Å². The predicted molar refractivity (Wildman–Crippen MR) is 118 cm³/mol. The van der Waals surface area contributed by atoms with Gasteiger partial charge in [0.2, 0.25) is 5.95 Å². The third-order valence-electron chi connectivity index (χ3n) is 5.33. The third kappa shape index (κ3) is 4.71. The van der Waals surface area contributed by atoms with Crippen molar-refractivity contribution in [2.24, 2.45) is 0 Å². The molecule has 1 aromatic carbocycles. The molecular formula is C23H26FN5O3. The summed E-state index contributed by atoms with van der Waals surface area (Å²) < 4.78 is 19.5. The van der Waals surface area contributed by atoms with E-state index >= 15 is 0 Å². The fraction of sp³-hybridized carbons (Fsp3) is 0.391. The van der Waals surface area contributed by atoms with E-state index in [0.717, 1.165) is 0 Å². The van der Waals surface area contributed by atoms with Gasteiger partial charge in [0.05, 0.1) is 5.52 Å². The zero-order valence-electron chi connectivity index (χ0n) is 18.3. The molecule has 0 saturated carbocycles. The maximum Gasteiger partial charge on any atom is 0.410 e. The van der Waals surface area contributed by atoms with Crippen molar-refractivity contribution < 1.29 is 18.7 Å². The SMILES string of the molecule is CC(C)(C)OC(=O)N1CCC(NC(=O)c2n[nH]c3ccc(-c4cccnc4F)cc23)CC1. The van der Waals surface area contributed by atoms with Gasteiger partial charge in [0.25, 0.3) is 5.91 Å². The molecule has 1 aliphatic rings. The molecule has 1 fully saturated rings. The van der Waals surface area contributed by atoms with Crippen LogP contribution in [0.2, 0.25) is 0 Å². The number of rotatable bonds is 3. The van der Waals surface area contributed by atoms with E-state index in [2.05, 4.69) is 20.5 Å². The molecule has 1 aliphatic heterocycles. The highest BCUT2D eigenvalue weighted by molar-refractivity contribution is 6.05. The van der Waals surface area contributed by atoms with Crippen LogP contribution in [0.1, 0.15) is 44.1 Å². The van der Waals surface area contributed by atoms with Gasteiger partial charge in [0.15, 0.2) is 5.69 Å². The summed E-state index contributed by atoms with van der Waals surface area (Å²) in [6, 6.07) is 8.48. The van der Waals surface area contributed by atoms with Gasteiger partial charge in [-0.25, -0.2) is 9.78 Å². The number of aromatic nitrogens is 3. The maximum atomic E-state index is 14.1. The molecule has 2 amide bonds. The van der Waals surface area contributed by atoms with Crippen LogP contribution < -0.4 is 5.32 Å². The largest absolute Gasteiger partial charge is 0.444 e. The van der Waals surface area contributed by atoms with Crippen LogP contribution in [-0.2, 0) is 4.74 Å². The highest BCUT2D eigenvalue weighted by Crippen LogP contribution is 2.27. The van der Waals surface area contributed by atoms with Crippen molar-refractivity contribution in [3.05, 3.63) is 48.2 Å². The molecule has 2 N–H and O–H groups in total. The smallest absolute Gasteiger partial charge is 0.410 e. The molecule has 0 unspecified atom stereocenters. The monoisotopic (exact) mass is 439 g/mol. The van der Waals surface area contributed by atoms with Crippen molar-refractivity contribution in [1.29, 1.82) is 0 Å². The average Bonchev–Trinajstić information content (AvgIpc) is 3.17. The van der Waals surface area contributed by atoms with Crippen LogP contribution in [-0.4, -0.2) is 56.8 Å². The van der Waals surface area contributed by atoms with Crippen LogP contribution in [0.3, 0.4) is 0 Å². The number of carbonyl (C=O) groups excluding carboxylic acids is 2. The standard InChI is InChI=1S/C23H26FN5O3/c1-23(2,3)32-22(31)29-11-8-15(9-12-29)26-21(30)19-17-13-14(6-7-18(17)27-28-19)16-5-4-10-25-20(16)24/h4-7,10,13,15H,8-9,11-12H2,1-3H3,(H,26,30)(H,27,28). The number of H-pyrrole nitrogens is 1. The van der Waals surface area contributed by atoms with Crippen molar-refractivity contribution in [2.45, 2.75) is 45.3 Å². The number of fused-ring (bicyclic) bond motifs is 1. The molecule has 3 aromatic rings. The number of amides is 2. The van der Waals surface area contributed by atoms with Gasteiger partial charge in [-0.05, 0) is 63.4 Å². The van der Waals surface area contributed by atoms with E-state index in [9.17, 15) is 14.0 Å². The molecule has 1 saturated heterocycles. The fourth-order valence-electron chi connectivity index (χ4n) is 3.74. The third-order valence-corrected chi connectivity index (χ3v) is 5.33. The second kappa shape index (κ2) is 8.57. The molecule has 0 spiro atoms. The molecule has 4 rings (SSSR count). The Balaban J connectivity index is 1.44. The van der Waals surface area contributed by atoms with Gasteiger partial charge in [-0.2, -0.15) is 9.49 Å². The lowest BCUT2D eigenvalue weighted by Crippen LogP contribution is -2.47. The van der Waals surface area contributed by atoms with Gasteiger partial charge in [0.1, 0.15) is 5.60 Å². The summed E-state index contributed by atoms with van der Waals surface area (Å²) >= 11 is 0. The first-order chi connectivity index (χ1) is 15.2. The summed E-state index contributed by atoms with van der Waals surface area (Å²) in [6.07, 6.45) is 2.30. The number of piperidine rings is 1. The van der Waals surface area contributed by atoms with Gasteiger partial charge in [0, 0.05) is 36.3 Å². The minimum atomic E-state index is -0.571. The van der Waals surface area contributed by atoms with E-state index in [1.54, 1.807) is 35.2 Å². The number of hydrogen-bond acceptors (Lipinski definition) is 5. The molecule has 3 heterocycles. The van der Waals surface area contributed by atoms with Crippen LogP contribution in [0.15, 0.2) is 36.5 Å². The zero-order chi connectivity index (χ0) is 22.9. The number of nitrogens with one attached hydrogen (secondary N) is 2. The first kappa shape index (κ1) is 21.7. The summed E-state index contributed by atoms with van der Waals surface area (Å²) in [6.45, 7) is 6.51. The van der Waals surface area contributed by atoms with Crippen molar-refractivity contribution in [3.63, 3.8) is 0 Å². The lowest BCUT2D eigenvalue weighted by molar-refractivity contribution is 0.0199. The number of aromatic amines is 1. The number of nitrogens with zero attached hydrogens (tertiary/aromatic N) is 3. The molecule has 0 radical (unpaired) electrons. The van der Waals surface area contributed by atoms with Crippen LogP contribution in [0.5, 0.6) is 0 Å². The van der Waals surface area contributed by atoms with Crippen LogP contribution in [0.4, 0.5) is 9.18 Å². The van der Waals surface area contributed by atoms with E-state index in [4.69, 9.17) is 4.74 Å². The summed E-state index contributed by atoms with van der Waals surface area (Å²) in [5, 5.41) is 10.6. The highest BCUT2D eigenvalue weighted by Gasteiger charge is 2.28. The van der Waals surface area contributed by atoms with Gasteiger partial charge in [-0.15, -0.1) is 0 Å². The predicted octanol–water partition coefficient (Wildman–Crippen LogP) is 3.89. The molecule has 0 aliphatic carbocycles. The number of pyridine rings is 1. The highest BCUT2D eigenvalue weighted by atomic mass is 19.1. The molecule has 8 nitrogen and oxygen atoms in total. The number of likely N-dealkylation sites (tertiary alicyclic amines) is 1. The molecule has 32 heavy (non-hydrogen) atoms. The summed E-state index contributed by atoms with van der Waals surface area (Å²) in [5.41, 5.74) is 1.37. The van der Waals surface area contributed by atoms with E-state index in [1.165, 1.54) is 6.20 Å². The minimum Gasteiger partial charge on any atom is -0.444 e. The Kier molecular flexibility index (Phi) is 5.82. The van der Waals surface area contributed by atoms with Gasteiger partial charge < -0.3 is 15.0 Å². The summed E-state index contributed by atoms with van der Waals surface area (Å²) in [5.74, 6) is -0.881. The van der Waals surface area contributed by atoms with E-state index in [-0.39, 0.29) is 23.7 Å². The van der Waals surface area contributed by atoms with E-state index < -0.39 is 11.5 Å². The Morgan fingerprint density at radius 2 is 1.97 bits per heavy atom. The van der Waals surface area contributed by atoms with E-state index in [0.29, 0.717) is 48.0 Å². The van der Waals surface area contributed by atoms with Crippen molar-refractivity contribution in [1.82, 2.24) is 25.4 Å². The Hall–Kier alpha value is -3.49. The normalized spacial score (nSPS) is 15.1. The lowest BCUT2D eigenvalue weighted by Gasteiger charge is -2.33. The molecule has 0 bridgehead atoms. The van der Waals surface area contributed by atoms with Gasteiger partial charge in [-0.3, -0.25) is 9.89 Å². The second-order valence-corrected chi connectivity index (χ2v) is 8.89. The second-order valence-electron chi connectivity index (χ2n) is 8.89. The Morgan fingerprint density at radius 1 is 1.22 bits per heavy atom. The molecular weight excluding hydrogens is 413 g/mol. The molecule has 0 atom stereocenters. The number of benzene rings is 1. The number of ether oxygens (including phenoxy) is 1. The quantitative estimate of drug-likeness (QED) is 0.603. The Labute approximate surface area is 185 Å². The van der Waals surface area contributed by atoms with Crippen LogP contribution >= 0.6 is 0 Å². The maximum absolute atomic E-state index is 14.1.